The molecule has 1 unspecified atom stereocenters. The Bertz CT molecular complexity index is 642. The van der Waals surface area contributed by atoms with Gasteiger partial charge in [0.1, 0.15) is 0 Å². The van der Waals surface area contributed by atoms with Crippen molar-refractivity contribution in [2.24, 2.45) is 17.8 Å². The van der Waals surface area contributed by atoms with Crippen LogP contribution in [-0.2, 0) is 22.5 Å². The van der Waals surface area contributed by atoms with Gasteiger partial charge in [-0.1, -0.05) is 37.3 Å². The van der Waals surface area contributed by atoms with Gasteiger partial charge in [-0.3, -0.25) is 14.4 Å². The molecule has 1 aromatic heterocycles. The summed E-state index contributed by atoms with van der Waals surface area (Å²) in [7, 11) is 1.66. The Balaban J connectivity index is 1.28. The third kappa shape index (κ3) is 4.74. The molecule has 3 aliphatic heterocycles. The third-order valence-electron chi connectivity index (χ3n) is 7.03. The van der Waals surface area contributed by atoms with Gasteiger partial charge in [0.25, 0.3) is 0 Å². The van der Waals surface area contributed by atoms with E-state index >= 15 is 0 Å². The van der Waals surface area contributed by atoms with Gasteiger partial charge in [0.2, 0.25) is 5.91 Å². The van der Waals surface area contributed by atoms with Crippen molar-refractivity contribution in [3.8, 4) is 0 Å². The number of aromatic nitrogens is 3. The highest BCUT2D eigenvalue weighted by molar-refractivity contribution is 5.79. The van der Waals surface area contributed by atoms with Crippen molar-refractivity contribution in [2.75, 3.05) is 33.4 Å². The number of carbonyl (C=O) groups excluding carboxylic acids is 1. The van der Waals surface area contributed by atoms with Crippen LogP contribution in [0.1, 0.15) is 50.6 Å². The van der Waals surface area contributed by atoms with Crippen LogP contribution in [-0.4, -0.2) is 65.2 Å². The second-order valence-electron chi connectivity index (χ2n) is 8.96. The van der Waals surface area contributed by atoms with E-state index in [1.54, 1.807) is 7.11 Å². The Morgan fingerprint density at radius 3 is 2.89 bits per heavy atom. The molecule has 1 amide bonds. The Morgan fingerprint density at radius 1 is 1.29 bits per heavy atom. The minimum atomic E-state index is 0.125. The van der Waals surface area contributed by atoms with Gasteiger partial charge in [0.05, 0.1) is 24.8 Å². The minimum absolute atomic E-state index is 0.125. The molecular formula is C21H35N5O2. The zero-order chi connectivity index (χ0) is 19.3. The molecule has 7 nitrogen and oxygen atoms in total. The first-order valence-corrected chi connectivity index (χ1v) is 11.1. The van der Waals surface area contributed by atoms with Crippen LogP contribution in [0, 0.1) is 17.8 Å². The Morgan fingerprint density at radius 2 is 2.14 bits per heavy atom. The van der Waals surface area contributed by atoms with Crippen LogP contribution >= 0.6 is 0 Å². The van der Waals surface area contributed by atoms with Gasteiger partial charge in [-0.2, -0.15) is 0 Å². The molecule has 4 fully saturated rings. The van der Waals surface area contributed by atoms with E-state index in [0.717, 1.165) is 50.5 Å². The summed E-state index contributed by atoms with van der Waals surface area (Å²) in [4.78, 5) is 15.0. The zero-order valence-corrected chi connectivity index (χ0v) is 17.2. The van der Waals surface area contributed by atoms with Crippen molar-refractivity contribution in [1.82, 2.24) is 25.2 Å². The van der Waals surface area contributed by atoms with Crippen molar-refractivity contribution in [1.29, 1.82) is 0 Å². The number of hydrogen-bond acceptors (Lipinski definition) is 5. The smallest absolute Gasteiger partial charge is 0.224 e. The number of methoxy groups -OCH3 is 1. The summed E-state index contributed by atoms with van der Waals surface area (Å²) >= 11 is 0. The summed E-state index contributed by atoms with van der Waals surface area (Å²) in [6.45, 7) is 4.04. The lowest BCUT2D eigenvalue weighted by Crippen LogP contribution is -2.58. The lowest BCUT2D eigenvalue weighted by Gasteiger charge is -2.49. The number of amides is 1. The normalized spacial score (nSPS) is 30.5. The molecule has 28 heavy (non-hydrogen) atoms. The molecule has 4 aliphatic rings. The highest BCUT2D eigenvalue weighted by atomic mass is 16.5. The number of ether oxygens (including phenoxy) is 1. The van der Waals surface area contributed by atoms with Gasteiger partial charge in [-0.25, -0.2) is 0 Å². The average molecular weight is 390 g/mol. The monoisotopic (exact) mass is 389 g/mol. The molecule has 1 aliphatic carbocycles. The highest BCUT2D eigenvalue weighted by Crippen LogP contribution is 2.37. The molecule has 156 valence electrons. The Hall–Kier alpha value is -1.47. The van der Waals surface area contributed by atoms with Gasteiger partial charge in [-0.05, 0) is 37.6 Å². The van der Waals surface area contributed by atoms with Crippen molar-refractivity contribution < 1.29 is 9.53 Å². The lowest BCUT2D eigenvalue weighted by atomic mass is 9.75. The van der Waals surface area contributed by atoms with Crippen molar-refractivity contribution in [2.45, 2.75) is 64.0 Å². The minimum Gasteiger partial charge on any atom is -0.383 e. The first kappa shape index (κ1) is 19.8. The number of rotatable bonds is 8. The summed E-state index contributed by atoms with van der Waals surface area (Å²) in [6, 6.07) is 0.478. The molecule has 5 rings (SSSR count). The summed E-state index contributed by atoms with van der Waals surface area (Å²) < 4.78 is 7.07. The molecule has 3 saturated heterocycles. The Labute approximate surface area is 168 Å². The predicted octanol–water partition coefficient (Wildman–Crippen LogP) is 1.87. The van der Waals surface area contributed by atoms with Gasteiger partial charge in [-0.15, -0.1) is 5.10 Å². The maximum absolute atomic E-state index is 12.5. The van der Waals surface area contributed by atoms with Gasteiger partial charge in [0, 0.05) is 32.4 Å². The quantitative estimate of drug-likeness (QED) is 0.687. The number of nitrogens with one attached hydrogen (secondary N) is 1. The van der Waals surface area contributed by atoms with Crippen molar-refractivity contribution in [3.05, 3.63) is 11.9 Å². The second-order valence-corrected chi connectivity index (χ2v) is 8.96. The molecule has 0 aromatic carbocycles. The summed E-state index contributed by atoms with van der Waals surface area (Å²) in [5.74, 6) is 1.61. The maximum Gasteiger partial charge on any atom is 0.224 e. The molecular weight excluding hydrogens is 354 g/mol. The fraction of sp³-hybridized carbons (Fsp3) is 0.857. The molecule has 1 N–H and O–H groups in total. The van der Waals surface area contributed by atoms with Crippen LogP contribution in [0.2, 0.25) is 0 Å². The van der Waals surface area contributed by atoms with Crippen LogP contribution < -0.4 is 5.32 Å². The number of carbonyl (C=O) groups is 1. The fourth-order valence-electron chi connectivity index (χ4n) is 5.46. The SMILES string of the molecule is COCCNC(=O)[C@@H]1CN2CC[C@H]1C[C@@H]2Cn1cc(CC2CCCCC2)nn1. The van der Waals surface area contributed by atoms with Crippen LogP contribution in [0.4, 0.5) is 0 Å². The number of hydrogen-bond donors (Lipinski definition) is 1. The standard InChI is InChI=1S/C21H35N5O2/c1-28-10-8-22-21(27)20-15-25-9-7-17(20)12-19(25)14-26-13-18(23-24-26)11-16-5-3-2-4-6-16/h13,16-17,19-20H,2-12,14-15H2,1H3,(H,22,27)/t17-,19+,20+/m0/s1. The van der Waals surface area contributed by atoms with E-state index in [-0.39, 0.29) is 11.8 Å². The maximum atomic E-state index is 12.5. The molecule has 1 aromatic rings. The van der Waals surface area contributed by atoms with E-state index in [9.17, 15) is 4.79 Å². The van der Waals surface area contributed by atoms with E-state index < -0.39 is 0 Å². The van der Waals surface area contributed by atoms with Gasteiger partial charge in [0.15, 0.2) is 0 Å². The van der Waals surface area contributed by atoms with E-state index in [4.69, 9.17) is 4.74 Å². The first-order valence-electron chi connectivity index (χ1n) is 11.1. The molecule has 4 atom stereocenters. The predicted molar refractivity (Wildman–Crippen MR) is 107 cm³/mol. The van der Waals surface area contributed by atoms with E-state index in [2.05, 4.69) is 26.7 Å². The largest absolute Gasteiger partial charge is 0.383 e. The van der Waals surface area contributed by atoms with Gasteiger partial charge < -0.3 is 10.1 Å². The summed E-state index contributed by atoms with van der Waals surface area (Å²) in [5.41, 5.74) is 1.15. The number of piperidine rings is 3. The number of nitrogens with zero attached hydrogens (tertiary/aromatic N) is 4. The molecule has 7 heteroatoms. The second kappa shape index (κ2) is 9.35. The van der Waals surface area contributed by atoms with Gasteiger partial charge >= 0.3 is 0 Å². The van der Waals surface area contributed by atoms with E-state index in [1.165, 1.54) is 32.1 Å². The van der Waals surface area contributed by atoms with Crippen LogP contribution in [0.5, 0.6) is 0 Å². The molecule has 0 spiro atoms. The third-order valence-corrected chi connectivity index (χ3v) is 7.03. The molecule has 4 heterocycles. The van der Waals surface area contributed by atoms with Crippen molar-refractivity contribution in [3.63, 3.8) is 0 Å². The molecule has 1 saturated carbocycles. The fourth-order valence-corrected chi connectivity index (χ4v) is 5.46. The summed E-state index contributed by atoms with van der Waals surface area (Å²) in [5, 5.41) is 11.9. The average Bonchev–Trinajstić information content (AvgIpc) is 3.16. The summed E-state index contributed by atoms with van der Waals surface area (Å²) in [6.07, 6.45) is 12.3. The van der Waals surface area contributed by atoms with Crippen LogP contribution in [0.25, 0.3) is 0 Å². The number of fused-ring (bicyclic) bond motifs is 3. The molecule has 2 bridgehead atoms. The van der Waals surface area contributed by atoms with Crippen LogP contribution in [0.15, 0.2) is 6.20 Å². The first-order chi connectivity index (χ1) is 13.7. The van der Waals surface area contributed by atoms with Crippen LogP contribution in [0.3, 0.4) is 0 Å². The van der Waals surface area contributed by atoms with E-state index in [1.807, 2.05) is 4.68 Å². The topological polar surface area (TPSA) is 72.3 Å². The van der Waals surface area contributed by atoms with E-state index in [0.29, 0.717) is 25.1 Å². The lowest BCUT2D eigenvalue weighted by molar-refractivity contribution is -0.133. The van der Waals surface area contributed by atoms with Crippen molar-refractivity contribution >= 4 is 5.91 Å². The Kier molecular flexibility index (Phi) is 6.62. The molecule has 0 radical (unpaired) electrons. The highest BCUT2D eigenvalue weighted by Gasteiger charge is 2.43. The zero-order valence-electron chi connectivity index (χ0n) is 17.2.